The van der Waals surface area contributed by atoms with Gasteiger partial charge in [-0.3, -0.25) is 0 Å². The summed E-state index contributed by atoms with van der Waals surface area (Å²) in [6.07, 6.45) is 5.97. The molecule has 4 aromatic carbocycles. The van der Waals surface area contributed by atoms with E-state index in [9.17, 15) is 8.78 Å². The lowest BCUT2D eigenvalue weighted by Gasteiger charge is -2.11. The van der Waals surface area contributed by atoms with Gasteiger partial charge in [0.25, 0.3) is 0 Å². The SMILES string of the molecule is CCCCCc1ccc(-c2ccc(-c3ccc(-c4ccc(CCC)c(F)c4F)cc3F)cc2)cc1. The zero-order valence-corrected chi connectivity index (χ0v) is 20.4. The highest BCUT2D eigenvalue weighted by Gasteiger charge is 2.16. The Morgan fingerprint density at radius 3 is 1.74 bits per heavy atom. The van der Waals surface area contributed by atoms with E-state index < -0.39 is 17.5 Å². The van der Waals surface area contributed by atoms with Crippen molar-refractivity contribution in [2.75, 3.05) is 0 Å². The van der Waals surface area contributed by atoms with Crippen molar-refractivity contribution in [2.24, 2.45) is 0 Å². The Morgan fingerprint density at radius 2 is 1.11 bits per heavy atom. The third kappa shape index (κ3) is 5.67. The zero-order valence-electron chi connectivity index (χ0n) is 20.4. The van der Waals surface area contributed by atoms with Crippen molar-refractivity contribution >= 4 is 0 Å². The number of hydrogen-bond acceptors (Lipinski definition) is 0. The summed E-state index contributed by atoms with van der Waals surface area (Å²) in [6, 6.07) is 24.0. The van der Waals surface area contributed by atoms with Crippen molar-refractivity contribution in [3.63, 3.8) is 0 Å². The van der Waals surface area contributed by atoms with Gasteiger partial charge in [0, 0.05) is 11.1 Å². The van der Waals surface area contributed by atoms with Crippen LogP contribution < -0.4 is 0 Å². The van der Waals surface area contributed by atoms with Crippen LogP contribution in [0.1, 0.15) is 50.7 Å². The van der Waals surface area contributed by atoms with Gasteiger partial charge in [0.15, 0.2) is 11.6 Å². The van der Waals surface area contributed by atoms with E-state index in [1.54, 1.807) is 18.2 Å². The summed E-state index contributed by atoms with van der Waals surface area (Å²) in [4.78, 5) is 0. The van der Waals surface area contributed by atoms with Crippen LogP contribution in [0.3, 0.4) is 0 Å². The van der Waals surface area contributed by atoms with Crippen LogP contribution in [-0.4, -0.2) is 0 Å². The van der Waals surface area contributed by atoms with Crippen molar-refractivity contribution in [2.45, 2.75) is 52.4 Å². The number of halogens is 3. The van der Waals surface area contributed by atoms with Crippen LogP contribution in [0.5, 0.6) is 0 Å². The molecule has 0 aromatic heterocycles. The molecular formula is C32H31F3. The first-order valence-corrected chi connectivity index (χ1v) is 12.5. The molecule has 0 amide bonds. The average Bonchev–Trinajstić information content (AvgIpc) is 2.88. The fourth-order valence-corrected chi connectivity index (χ4v) is 4.48. The monoisotopic (exact) mass is 472 g/mol. The van der Waals surface area contributed by atoms with Crippen molar-refractivity contribution in [3.8, 4) is 33.4 Å². The van der Waals surface area contributed by atoms with E-state index in [-0.39, 0.29) is 5.56 Å². The second kappa shape index (κ2) is 11.4. The maximum absolute atomic E-state index is 15.0. The molecule has 0 spiro atoms. The lowest BCUT2D eigenvalue weighted by atomic mass is 9.96. The Balaban J connectivity index is 1.53. The maximum atomic E-state index is 15.0. The molecule has 0 nitrogen and oxygen atoms in total. The van der Waals surface area contributed by atoms with Crippen molar-refractivity contribution in [3.05, 3.63) is 107 Å². The Hall–Kier alpha value is -3.33. The van der Waals surface area contributed by atoms with Gasteiger partial charge in [-0.25, -0.2) is 13.2 Å². The lowest BCUT2D eigenvalue weighted by Crippen LogP contribution is -1.97. The Bertz CT molecular complexity index is 1270. The number of aryl methyl sites for hydroxylation is 2. The van der Waals surface area contributed by atoms with E-state index in [1.165, 1.54) is 37.0 Å². The van der Waals surface area contributed by atoms with Gasteiger partial charge in [-0.05, 0) is 58.7 Å². The molecule has 4 rings (SSSR count). The molecule has 0 heterocycles. The van der Waals surface area contributed by atoms with Gasteiger partial charge in [0.1, 0.15) is 5.82 Å². The predicted octanol–water partition coefficient (Wildman–Crippen LogP) is 9.79. The van der Waals surface area contributed by atoms with Crippen LogP contribution in [0, 0.1) is 17.5 Å². The van der Waals surface area contributed by atoms with Gasteiger partial charge in [0.2, 0.25) is 0 Å². The smallest absolute Gasteiger partial charge is 0.166 e. The molecule has 4 aromatic rings. The zero-order chi connectivity index (χ0) is 24.8. The molecule has 0 atom stereocenters. The van der Waals surface area contributed by atoms with Crippen molar-refractivity contribution < 1.29 is 13.2 Å². The number of rotatable bonds is 9. The first-order valence-electron chi connectivity index (χ1n) is 12.5. The van der Waals surface area contributed by atoms with Crippen LogP contribution in [0.25, 0.3) is 33.4 Å². The van der Waals surface area contributed by atoms with E-state index in [1.807, 2.05) is 31.2 Å². The number of hydrogen-bond donors (Lipinski definition) is 0. The predicted molar refractivity (Wildman–Crippen MR) is 140 cm³/mol. The summed E-state index contributed by atoms with van der Waals surface area (Å²) in [6.45, 7) is 4.12. The maximum Gasteiger partial charge on any atom is 0.166 e. The molecule has 0 N–H and O–H groups in total. The molecule has 0 unspecified atom stereocenters. The van der Waals surface area contributed by atoms with Crippen molar-refractivity contribution in [1.82, 2.24) is 0 Å². The molecule has 0 saturated carbocycles. The van der Waals surface area contributed by atoms with Gasteiger partial charge in [-0.2, -0.15) is 0 Å². The van der Waals surface area contributed by atoms with Gasteiger partial charge >= 0.3 is 0 Å². The number of unbranched alkanes of at least 4 members (excludes halogenated alkanes) is 2. The van der Waals surface area contributed by atoms with Gasteiger partial charge < -0.3 is 0 Å². The van der Waals surface area contributed by atoms with Gasteiger partial charge in [-0.15, -0.1) is 0 Å². The molecule has 3 heteroatoms. The molecule has 0 saturated heterocycles. The molecule has 0 aliphatic heterocycles. The van der Waals surface area contributed by atoms with Gasteiger partial charge in [0.05, 0.1) is 0 Å². The highest BCUT2D eigenvalue weighted by molar-refractivity contribution is 5.74. The van der Waals surface area contributed by atoms with Crippen LogP contribution in [0.2, 0.25) is 0 Å². The normalized spacial score (nSPS) is 11.1. The standard InChI is InChI=1S/C32H31F3/c1-3-5-6-8-22-9-11-23(12-10-22)24-13-15-25(16-14-24)28-19-18-27(21-30(28)33)29-20-17-26(7-4-2)31(34)32(29)35/h9-21H,3-8H2,1-2H3. The summed E-state index contributed by atoms with van der Waals surface area (Å²) >= 11 is 0. The molecule has 0 aliphatic rings. The van der Waals surface area contributed by atoms with Crippen molar-refractivity contribution in [1.29, 1.82) is 0 Å². The molecule has 0 bridgehead atoms. The summed E-state index contributed by atoms with van der Waals surface area (Å²) in [5.74, 6) is -2.24. The first kappa shape index (κ1) is 24.8. The van der Waals surface area contributed by atoms with Gasteiger partial charge in [-0.1, -0.05) is 106 Å². The minimum atomic E-state index is -0.927. The molecule has 0 radical (unpaired) electrons. The van der Waals surface area contributed by atoms with E-state index >= 15 is 4.39 Å². The van der Waals surface area contributed by atoms with Crippen LogP contribution in [-0.2, 0) is 12.8 Å². The largest absolute Gasteiger partial charge is 0.206 e. The summed E-state index contributed by atoms with van der Waals surface area (Å²) in [5, 5.41) is 0. The van der Waals surface area contributed by atoms with E-state index in [0.717, 1.165) is 29.5 Å². The minimum Gasteiger partial charge on any atom is -0.206 e. The Morgan fingerprint density at radius 1 is 0.514 bits per heavy atom. The topological polar surface area (TPSA) is 0 Å². The minimum absolute atomic E-state index is 0.0706. The third-order valence-electron chi connectivity index (χ3n) is 6.51. The second-order valence-corrected chi connectivity index (χ2v) is 9.08. The lowest BCUT2D eigenvalue weighted by molar-refractivity contribution is 0.500. The molecule has 35 heavy (non-hydrogen) atoms. The van der Waals surface area contributed by atoms with Crippen LogP contribution in [0.4, 0.5) is 13.2 Å². The molecule has 180 valence electrons. The highest BCUT2D eigenvalue weighted by atomic mass is 19.2. The summed E-state index contributed by atoms with van der Waals surface area (Å²) in [5.41, 5.74) is 5.43. The highest BCUT2D eigenvalue weighted by Crippen LogP contribution is 2.32. The van der Waals surface area contributed by atoms with E-state index in [0.29, 0.717) is 23.1 Å². The van der Waals surface area contributed by atoms with Crippen LogP contribution >= 0.6 is 0 Å². The first-order chi connectivity index (χ1) is 17.0. The average molecular weight is 473 g/mol. The quantitative estimate of drug-likeness (QED) is 0.213. The molecule has 0 fully saturated rings. The van der Waals surface area contributed by atoms with Crippen LogP contribution in [0.15, 0.2) is 78.9 Å². The molecular weight excluding hydrogens is 441 g/mol. The second-order valence-electron chi connectivity index (χ2n) is 9.08. The fourth-order valence-electron chi connectivity index (χ4n) is 4.48. The Labute approximate surface area is 206 Å². The summed E-state index contributed by atoms with van der Waals surface area (Å²) < 4.78 is 44.1. The van der Waals surface area contributed by atoms with E-state index in [2.05, 4.69) is 31.2 Å². The van der Waals surface area contributed by atoms with E-state index in [4.69, 9.17) is 0 Å². The number of benzene rings is 4. The third-order valence-corrected chi connectivity index (χ3v) is 6.51. The molecule has 0 aliphatic carbocycles. The Kier molecular flexibility index (Phi) is 8.07. The summed E-state index contributed by atoms with van der Waals surface area (Å²) in [7, 11) is 0. The fraction of sp³-hybridized carbons (Fsp3) is 0.250.